The van der Waals surface area contributed by atoms with E-state index in [0.717, 1.165) is 0 Å². The molecule has 21 heteroatoms. The Morgan fingerprint density at radius 3 is 1.53 bits per heavy atom. The fourth-order valence-corrected chi connectivity index (χ4v) is 6.11. The van der Waals surface area contributed by atoms with E-state index >= 15 is 0 Å². The van der Waals surface area contributed by atoms with Crippen LogP contribution in [0.5, 0.6) is 0 Å². The zero-order valence-electron chi connectivity index (χ0n) is 30.6. The summed E-state index contributed by atoms with van der Waals surface area (Å²) in [6, 6.07) is 5.64. The Bertz CT molecular complexity index is 2410. The smallest absolute Gasteiger partial charge is 0.373 e. The van der Waals surface area contributed by atoms with Crippen molar-refractivity contribution in [3.05, 3.63) is 80.7 Å². The number of carbonyl (C=O) groups is 7. The Morgan fingerprint density at radius 2 is 1.05 bits per heavy atom. The number of carbonyl (C=O) groups excluding carboxylic acids is 11. The second-order valence-corrected chi connectivity index (χ2v) is 11.4. The first kappa shape index (κ1) is 42.2. The topological polar surface area (TPSA) is 301 Å². The summed E-state index contributed by atoms with van der Waals surface area (Å²) < 4.78 is 30.3. The highest BCUT2D eigenvalue weighted by Gasteiger charge is 2.54. The van der Waals surface area contributed by atoms with Crippen molar-refractivity contribution < 1.29 is 81.2 Å². The second kappa shape index (κ2) is 17.3. The van der Waals surface area contributed by atoms with Gasteiger partial charge in [-0.2, -0.15) is 19.2 Å². The first-order valence-corrected chi connectivity index (χ1v) is 15.9. The third-order valence-corrected chi connectivity index (χ3v) is 8.28. The minimum absolute atomic E-state index is 0.00658. The lowest BCUT2D eigenvalue weighted by molar-refractivity contribution is -0.193. The maximum Gasteiger partial charge on any atom is 0.373 e. The van der Waals surface area contributed by atoms with Gasteiger partial charge in [-0.05, 0) is 38.1 Å². The summed E-state index contributed by atoms with van der Waals surface area (Å²) in [6.45, 7) is 3.66. The molecule has 0 radical (unpaired) electrons. The van der Waals surface area contributed by atoms with E-state index in [2.05, 4.69) is 24.7 Å². The molecular weight excluding hydrogens is 760 g/mol. The van der Waals surface area contributed by atoms with E-state index in [9.17, 15) is 33.6 Å². The molecule has 294 valence electrons. The maximum absolute atomic E-state index is 13.3. The van der Waals surface area contributed by atoms with Gasteiger partial charge < -0.3 is 38.4 Å². The maximum atomic E-state index is 13.3. The summed E-state index contributed by atoms with van der Waals surface area (Å²) in [5.74, 6) is -6.55. The molecule has 0 bridgehead atoms. The van der Waals surface area contributed by atoms with Crippen molar-refractivity contribution >= 4 is 53.5 Å². The van der Waals surface area contributed by atoms with E-state index in [4.69, 9.17) is 42.9 Å². The number of hydrogen-bond donors (Lipinski definition) is 2. The lowest BCUT2D eigenvalue weighted by atomic mass is 9.85. The monoisotopic (exact) mass is 788 g/mol. The Balaban J connectivity index is 0.000000223. The molecule has 57 heavy (non-hydrogen) atoms. The van der Waals surface area contributed by atoms with Crippen LogP contribution in [0.25, 0.3) is 22.5 Å². The van der Waals surface area contributed by atoms with Crippen molar-refractivity contribution in [2.45, 2.75) is 19.6 Å². The van der Waals surface area contributed by atoms with Crippen LogP contribution < -0.4 is 0 Å². The molecule has 0 unspecified atom stereocenters. The summed E-state index contributed by atoms with van der Waals surface area (Å²) in [5, 5.41) is 0. The largest absolute Gasteiger partial charge is 0.465 e. The zero-order valence-corrected chi connectivity index (χ0v) is 30.6. The Hall–Kier alpha value is -7.57. The van der Waals surface area contributed by atoms with Crippen LogP contribution in [-0.4, -0.2) is 115 Å². The molecule has 21 nitrogen and oxygen atoms in total. The van der Waals surface area contributed by atoms with E-state index in [0.29, 0.717) is 22.6 Å². The fraction of sp³-hybridized carbons (Fsp3) is 0.250. The molecule has 2 N–H and O–H groups in total. The number of pyridine rings is 2. The van der Waals surface area contributed by atoms with Crippen LogP contribution in [0, 0.1) is 13.8 Å². The average Bonchev–Trinajstić information content (AvgIpc) is 3.98. The van der Waals surface area contributed by atoms with E-state index in [1.807, 2.05) is 0 Å². The number of aryl methyl sites for hydroxylation is 2. The molecule has 0 aromatic carbocycles. The zero-order chi connectivity index (χ0) is 42.4. The number of methoxy groups -OCH3 is 4. The molecule has 1 spiro atoms. The fourth-order valence-electron chi connectivity index (χ4n) is 6.11. The van der Waals surface area contributed by atoms with Crippen LogP contribution >= 0.6 is 0 Å². The normalized spacial score (nSPS) is 13.5. The van der Waals surface area contributed by atoms with Gasteiger partial charge in [0.1, 0.15) is 22.8 Å². The molecule has 0 amide bonds. The van der Waals surface area contributed by atoms with Crippen LogP contribution in [0.2, 0.25) is 0 Å². The third-order valence-electron chi connectivity index (χ3n) is 8.28. The minimum atomic E-state index is -1.71. The summed E-state index contributed by atoms with van der Waals surface area (Å²) >= 11 is 0. The van der Waals surface area contributed by atoms with Gasteiger partial charge >= 0.3 is 36.2 Å². The SMILES string of the molecule is COC(=O)c1cc2c([nH]1)-c1c(C(=O)OC)cc(C)nc1C(=O)C21OCCO1.COC(=O)c1cc2c([nH]1)-c1c(C(=O)OC)cc(C)nc1C(=O)C2=O.O=C=O.O=C=O. The molecule has 7 rings (SSSR count). The molecule has 0 saturated carbocycles. The van der Waals surface area contributed by atoms with E-state index in [1.165, 1.54) is 52.7 Å². The number of nitrogens with zero attached hydrogens (tertiary/aromatic N) is 2. The number of esters is 4. The van der Waals surface area contributed by atoms with Gasteiger partial charge in [0.05, 0.1) is 69.7 Å². The van der Waals surface area contributed by atoms with Crippen LogP contribution in [0.4, 0.5) is 0 Å². The van der Waals surface area contributed by atoms with Crippen LogP contribution in [0.3, 0.4) is 0 Å². The van der Waals surface area contributed by atoms with E-state index in [-0.39, 0.29) is 81.8 Å². The number of H-pyrrole nitrogens is 2. The number of aromatic nitrogens is 4. The molecule has 1 saturated heterocycles. The highest BCUT2D eigenvalue weighted by Crippen LogP contribution is 2.47. The van der Waals surface area contributed by atoms with Crippen molar-refractivity contribution in [1.29, 1.82) is 0 Å². The number of nitrogens with one attached hydrogen (secondary N) is 2. The molecule has 1 aliphatic heterocycles. The van der Waals surface area contributed by atoms with Crippen molar-refractivity contribution in [1.82, 2.24) is 19.9 Å². The number of Topliss-reactive ketones (excluding diaryl/α,β-unsaturated/α-hetero) is 3. The lowest BCUT2D eigenvalue weighted by Gasteiger charge is -2.31. The quantitative estimate of drug-likeness (QED) is 0.168. The van der Waals surface area contributed by atoms with Gasteiger partial charge in [-0.15, -0.1) is 0 Å². The number of aromatic amines is 2. The number of hydrogen-bond acceptors (Lipinski definition) is 19. The molecule has 4 aromatic heterocycles. The van der Waals surface area contributed by atoms with Gasteiger partial charge in [0.2, 0.25) is 11.6 Å². The summed E-state index contributed by atoms with van der Waals surface area (Å²) in [4.78, 5) is 133. The van der Waals surface area contributed by atoms with Gasteiger partial charge in [0, 0.05) is 28.1 Å². The van der Waals surface area contributed by atoms with Gasteiger partial charge in [0.15, 0.2) is 0 Å². The van der Waals surface area contributed by atoms with Crippen LogP contribution in [-0.2, 0) is 53.4 Å². The average molecular weight is 789 g/mol. The van der Waals surface area contributed by atoms with Gasteiger partial charge in [-0.1, -0.05) is 0 Å². The first-order chi connectivity index (χ1) is 27.1. The number of ketones is 3. The second-order valence-electron chi connectivity index (χ2n) is 11.4. The van der Waals surface area contributed by atoms with E-state index < -0.39 is 47.0 Å². The third kappa shape index (κ3) is 7.57. The molecule has 0 atom stereocenters. The molecule has 2 aliphatic carbocycles. The number of rotatable bonds is 4. The van der Waals surface area contributed by atoms with Gasteiger partial charge in [-0.3, -0.25) is 14.4 Å². The molecule has 1 fully saturated rings. The Kier molecular flexibility index (Phi) is 12.8. The van der Waals surface area contributed by atoms with Crippen LogP contribution in [0.1, 0.15) is 90.0 Å². The molecule has 5 heterocycles. The van der Waals surface area contributed by atoms with Crippen molar-refractivity contribution in [3.63, 3.8) is 0 Å². The highest BCUT2D eigenvalue weighted by atomic mass is 16.7. The van der Waals surface area contributed by atoms with Crippen molar-refractivity contribution in [2.24, 2.45) is 0 Å². The lowest BCUT2D eigenvalue weighted by Crippen LogP contribution is -2.41. The predicted molar refractivity (Wildman–Crippen MR) is 179 cm³/mol. The van der Waals surface area contributed by atoms with Gasteiger partial charge in [0.25, 0.3) is 11.6 Å². The molecular formula is C36H28N4O17. The Morgan fingerprint density at radius 1 is 0.632 bits per heavy atom. The first-order valence-electron chi connectivity index (χ1n) is 15.9. The van der Waals surface area contributed by atoms with Crippen molar-refractivity contribution in [2.75, 3.05) is 41.7 Å². The minimum Gasteiger partial charge on any atom is -0.465 e. The Labute approximate surface area is 318 Å². The number of fused-ring (bicyclic) bond motifs is 7. The molecule has 3 aliphatic rings. The predicted octanol–water partition coefficient (Wildman–Crippen LogP) is 1.52. The van der Waals surface area contributed by atoms with Crippen molar-refractivity contribution in [3.8, 4) is 22.5 Å². The summed E-state index contributed by atoms with van der Waals surface area (Å²) in [5.41, 5.74) is 2.22. The standard InChI is InChI=1S/C18H16N2O7.C16H12N2O6.2CO2/c1-8-6-9(16(22)24-2)12-13-10(7-11(20-13)17(23)25-3)18(26-4-5-27-18)15(21)14(12)19-8;1-6-4-7(15(21)23-2)10-11-8(5-9(18-11)16(22)24-3)13(19)14(20)12(10)17-6;2*2-1-3/h6-7,20H,4-5H2,1-3H3;4-5,18H,1-3H3;;. The van der Waals surface area contributed by atoms with Gasteiger partial charge in [-0.25, -0.2) is 29.1 Å². The summed E-state index contributed by atoms with van der Waals surface area (Å²) in [7, 11) is 4.88. The number of ether oxygens (including phenoxy) is 6. The summed E-state index contributed by atoms with van der Waals surface area (Å²) in [6.07, 6.45) is 0.500. The molecule has 4 aromatic rings. The van der Waals surface area contributed by atoms with Crippen LogP contribution in [0.15, 0.2) is 24.3 Å². The highest BCUT2D eigenvalue weighted by molar-refractivity contribution is 6.52. The van der Waals surface area contributed by atoms with E-state index in [1.54, 1.807) is 13.8 Å².